The number of thiazole rings is 1. The third-order valence-electron chi connectivity index (χ3n) is 13.2. The summed E-state index contributed by atoms with van der Waals surface area (Å²) in [6.45, 7) is 8.13. The normalized spacial score (nSPS) is 25.3. The van der Waals surface area contributed by atoms with Crippen LogP contribution in [-0.2, 0) is 29.2 Å². The van der Waals surface area contributed by atoms with Gasteiger partial charge in [0.25, 0.3) is 6.47 Å². The fourth-order valence-electron chi connectivity index (χ4n) is 8.86. The summed E-state index contributed by atoms with van der Waals surface area (Å²) in [6.07, 6.45) is 8.03. The number of carbonyl (C=O) groups is 4. The van der Waals surface area contributed by atoms with Gasteiger partial charge in [-0.2, -0.15) is 0 Å². The predicted molar refractivity (Wildman–Crippen MR) is 240 cm³/mol. The van der Waals surface area contributed by atoms with Gasteiger partial charge in [-0.05, 0) is 88.5 Å². The van der Waals surface area contributed by atoms with Crippen molar-refractivity contribution in [2.75, 3.05) is 19.0 Å². The molecule has 4 heterocycles. The zero-order valence-electron chi connectivity index (χ0n) is 36.3. The van der Waals surface area contributed by atoms with Crippen molar-refractivity contribution in [3.8, 4) is 28.0 Å². The number of Topliss-reactive ketones (excluding diaryl/α,β-unsaturated/α-hetero) is 1. The van der Waals surface area contributed by atoms with Crippen molar-refractivity contribution in [2.45, 2.75) is 121 Å². The summed E-state index contributed by atoms with van der Waals surface area (Å²) in [4.78, 5) is 66.7. The van der Waals surface area contributed by atoms with Crippen LogP contribution in [0.5, 0.6) is 17.2 Å². The monoisotopic (exact) mass is 897 g/mol. The van der Waals surface area contributed by atoms with Crippen LogP contribution in [0.25, 0.3) is 21.6 Å². The Kier molecular flexibility index (Phi) is 12.4. The first-order valence-corrected chi connectivity index (χ1v) is 24.2. The van der Waals surface area contributed by atoms with Gasteiger partial charge in [0.2, 0.25) is 21.8 Å². The molecule has 2 aliphatic heterocycles. The lowest BCUT2D eigenvalue weighted by Crippen LogP contribution is -2.49. The molecule has 334 valence electrons. The van der Waals surface area contributed by atoms with E-state index in [1.54, 1.807) is 43.2 Å². The second-order valence-electron chi connectivity index (χ2n) is 18.0. The Morgan fingerprint density at radius 1 is 1.06 bits per heavy atom. The van der Waals surface area contributed by atoms with Gasteiger partial charge < -0.3 is 24.4 Å². The minimum Gasteiger partial charge on any atom is -0.496 e. The minimum absolute atomic E-state index is 0.0695. The molecule has 4 aromatic rings. The van der Waals surface area contributed by atoms with Gasteiger partial charge in [-0.1, -0.05) is 44.9 Å². The van der Waals surface area contributed by atoms with E-state index in [4.69, 9.17) is 24.2 Å². The van der Waals surface area contributed by atoms with Crippen molar-refractivity contribution in [1.82, 2.24) is 19.6 Å². The first-order valence-electron chi connectivity index (χ1n) is 21.8. The van der Waals surface area contributed by atoms with E-state index in [0.717, 1.165) is 40.9 Å². The number of fused-ring (bicyclic) bond motifs is 3. The molecule has 14 nitrogen and oxygen atoms in total. The fourth-order valence-corrected chi connectivity index (χ4v) is 11.1. The number of anilines is 1. The average molecular weight is 898 g/mol. The molecule has 0 spiro atoms. The Labute approximate surface area is 372 Å². The molecule has 63 heavy (non-hydrogen) atoms. The van der Waals surface area contributed by atoms with Gasteiger partial charge in [-0.3, -0.25) is 23.9 Å². The van der Waals surface area contributed by atoms with E-state index in [0.29, 0.717) is 72.7 Å². The summed E-state index contributed by atoms with van der Waals surface area (Å²) >= 11 is 1.49. The van der Waals surface area contributed by atoms with Crippen LogP contribution in [0.4, 0.5) is 5.69 Å². The Morgan fingerprint density at radius 2 is 1.87 bits per heavy atom. The molecule has 3 fully saturated rings. The molecule has 0 bridgehead atoms. The van der Waals surface area contributed by atoms with Gasteiger partial charge in [-0.15, -0.1) is 11.3 Å². The number of allylic oxidation sites excluding steroid dienone is 2. The van der Waals surface area contributed by atoms with Crippen LogP contribution in [-0.4, -0.2) is 83.9 Å². The van der Waals surface area contributed by atoms with Crippen LogP contribution in [0.1, 0.15) is 102 Å². The number of aromatic nitrogens is 2. The van der Waals surface area contributed by atoms with Gasteiger partial charge in [0.05, 0.1) is 41.1 Å². The molecule has 2 amide bonds. The molecule has 8 rings (SSSR count). The van der Waals surface area contributed by atoms with E-state index >= 15 is 4.79 Å². The van der Waals surface area contributed by atoms with Gasteiger partial charge in [0, 0.05) is 47.0 Å². The van der Waals surface area contributed by atoms with Gasteiger partial charge in [-0.25, -0.2) is 18.4 Å². The number of ether oxygens (including phenoxy) is 3. The second-order valence-corrected chi connectivity index (χ2v) is 21.1. The zero-order valence-corrected chi connectivity index (χ0v) is 38.0. The van der Waals surface area contributed by atoms with E-state index in [1.165, 1.54) is 11.3 Å². The number of methoxy groups -OCH3 is 1. The predicted octanol–water partition coefficient (Wildman–Crippen LogP) is 7.65. The van der Waals surface area contributed by atoms with Crippen molar-refractivity contribution >= 4 is 62.0 Å². The molecule has 2 aliphatic carbocycles. The summed E-state index contributed by atoms with van der Waals surface area (Å²) in [5.41, 5.74) is 2.35. The number of carbonyl (C=O) groups excluding carboxylic acids is 4. The number of nitrogens with zero attached hydrogens (tertiary/aromatic N) is 3. The molecule has 2 aromatic carbocycles. The van der Waals surface area contributed by atoms with Crippen molar-refractivity contribution in [1.29, 1.82) is 0 Å². The van der Waals surface area contributed by atoms with E-state index in [2.05, 4.69) is 23.9 Å². The molecule has 2 saturated carbocycles. The maximum atomic E-state index is 15.0. The average Bonchev–Trinajstić information content (AvgIpc) is 4.02. The van der Waals surface area contributed by atoms with E-state index in [-0.39, 0.29) is 42.9 Å². The first-order chi connectivity index (χ1) is 30.1. The lowest BCUT2D eigenvalue weighted by molar-refractivity contribution is -0.139. The Hall–Kier alpha value is -5.35. The highest BCUT2D eigenvalue weighted by atomic mass is 32.2. The van der Waals surface area contributed by atoms with Crippen LogP contribution in [0, 0.1) is 18.3 Å². The van der Waals surface area contributed by atoms with Crippen molar-refractivity contribution < 1.29 is 41.8 Å². The molecule has 0 unspecified atom stereocenters. The Bertz CT molecular complexity index is 2570. The largest absolute Gasteiger partial charge is 0.496 e. The third kappa shape index (κ3) is 9.06. The highest BCUT2D eigenvalue weighted by molar-refractivity contribution is 7.91. The van der Waals surface area contributed by atoms with Gasteiger partial charge in [0.15, 0.2) is 5.78 Å². The molecule has 0 radical (unpaired) electrons. The van der Waals surface area contributed by atoms with Crippen LogP contribution < -0.4 is 24.2 Å². The third-order valence-corrected chi connectivity index (χ3v) is 16.2. The van der Waals surface area contributed by atoms with Crippen LogP contribution >= 0.6 is 11.3 Å². The molecule has 2 N–H and O–H groups in total. The van der Waals surface area contributed by atoms with Crippen LogP contribution in [0.15, 0.2) is 60.0 Å². The number of aryl methyl sites for hydroxylation is 1. The maximum absolute atomic E-state index is 15.0. The minimum atomic E-state index is -3.97. The van der Waals surface area contributed by atoms with Crippen molar-refractivity contribution in [3.63, 3.8) is 0 Å². The van der Waals surface area contributed by atoms with E-state index in [9.17, 15) is 22.8 Å². The molecule has 16 heteroatoms. The summed E-state index contributed by atoms with van der Waals surface area (Å²) in [6, 6.07) is 10.7. The summed E-state index contributed by atoms with van der Waals surface area (Å²) < 4.78 is 45.7. The number of hydrogen-bond donors (Lipinski definition) is 2. The first kappa shape index (κ1) is 44.3. The van der Waals surface area contributed by atoms with Crippen LogP contribution in [0.3, 0.4) is 0 Å². The topological polar surface area (TPSA) is 183 Å². The Morgan fingerprint density at radius 3 is 2.60 bits per heavy atom. The number of hydrogen-bond acceptors (Lipinski definition) is 13. The molecular weight excluding hydrogens is 843 g/mol. The summed E-state index contributed by atoms with van der Waals surface area (Å²) in [5, 5.41) is 6.84. The van der Waals surface area contributed by atoms with Crippen LogP contribution in [0.2, 0.25) is 0 Å². The van der Waals surface area contributed by atoms with Gasteiger partial charge >= 0.3 is 0 Å². The van der Waals surface area contributed by atoms with Gasteiger partial charge in [0.1, 0.15) is 40.1 Å². The number of sulfonamides is 1. The SMILES string of the molecule is COc1ccc2c(O[C@@H]3C[C@H]4C(=O)C[C@]5(C(=O)NS(=O)(=O)C6(C)CC6)C[C@H]5/C=C\CCCCC[C@H](Nc5cccc(OC=O)c5)C(=O)N4C3)cc(-c3nc(C(C)C)cs3)nc2c1C. The lowest BCUT2D eigenvalue weighted by Gasteiger charge is -2.30. The number of nitrogens with one attached hydrogen (secondary N) is 2. The lowest BCUT2D eigenvalue weighted by atomic mass is 9.91. The molecule has 4 aliphatic rings. The summed E-state index contributed by atoms with van der Waals surface area (Å²) in [5.74, 6) is 0.0538. The highest BCUT2D eigenvalue weighted by Crippen LogP contribution is 2.57. The number of benzene rings is 2. The molecule has 5 atom stereocenters. The molecular formula is C47H55N5O9S2. The maximum Gasteiger partial charge on any atom is 0.298 e. The quantitative estimate of drug-likeness (QED) is 0.105. The highest BCUT2D eigenvalue weighted by Gasteiger charge is 2.62. The second kappa shape index (κ2) is 17.7. The smallest absolute Gasteiger partial charge is 0.298 e. The number of pyridine rings is 1. The zero-order chi connectivity index (χ0) is 44.7. The standard InChI is InChI=1S/C47H55N5O9S2/c1-28(2)37-26-62-43(50-37)36-22-41(34-16-17-40(59-5)29(3)42(34)49-36)61-33-21-38-39(54)24-47(45(56)51-63(57,58)46(4)18-19-46)23-30(47)12-9-7-6-8-10-15-35(44(55)52(38)25-33)48-31-13-11-14-32(20-31)60-27-53/h9,11-14,16-17,20,22,26-28,30,33,35,38,48H,6-8,10,15,18-19,21,23-25H2,1-5H3,(H,51,56)/b12-9-/t30-,33-,35+,38+,47-/m1/s1. The van der Waals surface area contributed by atoms with Crippen molar-refractivity contribution in [3.05, 3.63) is 71.3 Å². The number of ketones is 1. The molecule has 1 saturated heterocycles. The fraction of sp³-hybridized carbons (Fsp3) is 0.489. The molecule has 2 aromatic heterocycles. The number of rotatable bonds is 12. The summed E-state index contributed by atoms with van der Waals surface area (Å²) in [7, 11) is -2.36. The number of amides is 2. The van der Waals surface area contributed by atoms with Crippen molar-refractivity contribution in [2.24, 2.45) is 11.3 Å². The Balaban J connectivity index is 1.16. The van der Waals surface area contributed by atoms with E-state index in [1.807, 2.05) is 42.7 Å². The van der Waals surface area contributed by atoms with E-state index < -0.39 is 44.3 Å².